The first-order valence-corrected chi connectivity index (χ1v) is 6.75. The van der Waals surface area contributed by atoms with Crippen molar-refractivity contribution < 1.29 is 27.5 Å². The number of hydrogen-bond acceptors (Lipinski definition) is 2. The van der Waals surface area contributed by atoms with Crippen LogP contribution in [-0.4, -0.2) is 23.3 Å². The van der Waals surface area contributed by atoms with Gasteiger partial charge in [-0.25, -0.2) is 9.18 Å². The molecule has 0 bridgehead atoms. The third-order valence-corrected chi connectivity index (χ3v) is 3.43. The van der Waals surface area contributed by atoms with Crippen molar-refractivity contribution in [2.24, 2.45) is 0 Å². The average Bonchev–Trinajstić information content (AvgIpc) is 2.45. The molecule has 1 rings (SSSR count). The Labute approximate surface area is 125 Å². The minimum Gasteiger partial charge on any atom is -0.388 e. The summed E-state index contributed by atoms with van der Waals surface area (Å²) in [7, 11) is 0. The van der Waals surface area contributed by atoms with E-state index in [1.165, 1.54) is 0 Å². The lowest BCUT2D eigenvalue weighted by Gasteiger charge is -2.25. The van der Waals surface area contributed by atoms with Crippen molar-refractivity contribution in [3.63, 3.8) is 0 Å². The van der Waals surface area contributed by atoms with Crippen LogP contribution < -0.4 is 10.6 Å². The summed E-state index contributed by atoms with van der Waals surface area (Å²) in [5.41, 5.74) is -2.95. The minimum absolute atomic E-state index is 0.103. The molecule has 124 valence electrons. The SMILES string of the molecule is CCC(O)(CC)CNC(=O)Nc1ccc(F)cc1C(F)(F)F. The summed E-state index contributed by atoms with van der Waals surface area (Å²) < 4.78 is 51.3. The third-order valence-electron chi connectivity index (χ3n) is 3.43. The first kappa shape index (κ1) is 18.2. The highest BCUT2D eigenvalue weighted by Gasteiger charge is 2.34. The average molecular weight is 322 g/mol. The van der Waals surface area contributed by atoms with E-state index in [1.54, 1.807) is 13.8 Å². The van der Waals surface area contributed by atoms with Gasteiger partial charge in [-0.05, 0) is 31.0 Å². The summed E-state index contributed by atoms with van der Waals surface area (Å²) in [6.07, 6.45) is -4.03. The second-order valence-corrected chi connectivity index (χ2v) is 4.93. The maximum atomic E-state index is 12.9. The van der Waals surface area contributed by atoms with Crippen molar-refractivity contribution in [1.29, 1.82) is 0 Å². The van der Waals surface area contributed by atoms with Gasteiger partial charge in [0, 0.05) is 6.54 Å². The minimum atomic E-state index is -4.79. The number of halogens is 4. The van der Waals surface area contributed by atoms with Crippen molar-refractivity contribution in [2.75, 3.05) is 11.9 Å². The molecular formula is C14H18F4N2O2. The first-order valence-electron chi connectivity index (χ1n) is 6.75. The van der Waals surface area contributed by atoms with Crippen LogP contribution in [0.4, 0.5) is 28.0 Å². The zero-order chi connectivity index (χ0) is 17.0. The smallest absolute Gasteiger partial charge is 0.388 e. The summed E-state index contributed by atoms with van der Waals surface area (Å²) in [5.74, 6) is -1.05. The standard InChI is InChI=1S/C14H18F4N2O2/c1-3-13(22,4-2)8-19-12(21)20-11-6-5-9(15)7-10(11)14(16,17)18/h5-7,22H,3-4,8H2,1-2H3,(H2,19,20,21). The molecule has 22 heavy (non-hydrogen) atoms. The molecule has 3 N–H and O–H groups in total. The van der Waals surface area contributed by atoms with Gasteiger partial charge in [0.1, 0.15) is 5.82 Å². The topological polar surface area (TPSA) is 61.4 Å². The number of alkyl halides is 3. The number of carbonyl (C=O) groups excluding carboxylic acids is 1. The summed E-state index contributed by atoms with van der Waals surface area (Å²) >= 11 is 0. The van der Waals surface area contributed by atoms with Gasteiger partial charge < -0.3 is 15.7 Å². The number of anilines is 1. The largest absolute Gasteiger partial charge is 0.418 e. The fraction of sp³-hybridized carbons (Fsp3) is 0.500. The molecule has 1 aromatic carbocycles. The Bertz CT molecular complexity index is 528. The highest BCUT2D eigenvalue weighted by molar-refractivity contribution is 5.90. The molecule has 1 aromatic rings. The van der Waals surface area contributed by atoms with Gasteiger partial charge in [-0.3, -0.25) is 0 Å². The highest BCUT2D eigenvalue weighted by Crippen LogP contribution is 2.35. The van der Waals surface area contributed by atoms with E-state index < -0.39 is 34.9 Å². The Morgan fingerprint density at radius 2 is 1.82 bits per heavy atom. The fourth-order valence-electron chi connectivity index (χ4n) is 1.77. The molecule has 0 aliphatic rings. The van der Waals surface area contributed by atoms with Crippen molar-refractivity contribution in [3.8, 4) is 0 Å². The molecule has 8 heteroatoms. The molecule has 0 atom stereocenters. The molecule has 0 aromatic heterocycles. The van der Waals surface area contributed by atoms with Crippen LogP contribution in [0.1, 0.15) is 32.3 Å². The van der Waals surface area contributed by atoms with Crippen LogP contribution in [0.25, 0.3) is 0 Å². The van der Waals surface area contributed by atoms with E-state index in [2.05, 4.69) is 5.32 Å². The summed E-state index contributed by atoms with van der Waals surface area (Å²) in [5, 5.41) is 14.3. The summed E-state index contributed by atoms with van der Waals surface area (Å²) in [6, 6.07) is 1.06. The van der Waals surface area contributed by atoms with E-state index in [0.29, 0.717) is 18.9 Å². The lowest BCUT2D eigenvalue weighted by Crippen LogP contribution is -2.43. The molecule has 0 unspecified atom stereocenters. The molecule has 0 radical (unpaired) electrons. The number of rotatable bonds is 5. The van der Waals surface area contributed by atoms with Gasteiger partial charge in [0.15, 0.2) is 0 Å². The molecular weight excluding hydrogens is 304 g/mol. The van der Waals surface area contributed by atoms with E-state index >= 15 is 0 Å². The van der Waals surface area contributed by atoms with E-state index in [9.17, 15) is 27.5 Å². The first-order chi connectivity index (χ1) is 10.1. The van der Waals surface area contributed by atoms with Crippen LogP contribution in [0.2, 0.25) is 0 Å². The Morgan fingerprint density at radius 3 is 2.32 bits per heavy atom. The van der Waals surface area contributed by atoms with Gasteiger partial charge in [-0.15, -0.1) is 0 Å². The van der Waals surface area contributed by atoms with Gasteiger partial charge >= 0.3 is 12.2 Å². The van der Waals surface area contributed by atoms with Crippen LogP contribution in [0.3, 0.4) is 0 Å². The molecule has 0 aliphatic heterocycles. The van der Waals surface area contributed by atoms with Crippen LogP contribution in [0.5, 0.6) is 0 Å². The predicted molar refractivity (Wildman–Crippen MR) is 74.0 cm³/mol. The second kappa shape index (κ2) is 6.95. The molecule has 2 amide bonds. The second-order valence-electron chi connectivity index (χ2n) is 4.93. The Kier molecular flexibility index (Phi) is 5.76. The molecule has 0 heterocycles. The number of hydrogen-bond donors (Lipinski definition) is 3. The fourth-order valence-corrected chi connectivity index (χ4v) is 1.77. The van der Waals surface area contributed by atoms with E-state index in [-0.39, 0.29) is 6.54 Å². The Morgan fingerprint density at radius 1 is 1.23 bits per heavy atom. The maximum Gasteiger partial charge on any atom is 0.418 e. The lowest BCUT2D eigenvalue weighted by molar-refractivity contribution is -0.137. The Hall–Kier alpha value is -1.83. The quantitative estimate of drug-likeness (QED) is 0.726. The normalized spacial score (nSPS) is 12.1. The van der Waals surface area contributed by atoms with Gasteiger partial charge in [-0.1, -0.05) is 13.8 Å². The number of benzene rings is 1. The molecule has 0 saturated heterocycles. The van der Waals surface area contributed by atoms with Crippen LogP contribution >= 0.6 is 0 Å². The van der Waals surface area contributed by atoms with E-state index in [1.807, 2.05) is 5.32 Å². The van der Waals surface area contributed by atoms with Crippen molar-refractivity contribution in [1.82, 2.24) is 5.32 Å². The van der Waals surface area contributed by atoms with Crippen molar-refractivity contribution in [3.05, 3.63) is 29.6 Å². The number of amides is 2. The number of carbonyl (C=O) groups is 1. The highest BCUT2D eigenvalue weighted by atomic mass is 19.4. The molecule has 0 fully saturated rings. The van der Waals surface area contributed by atoms with Crippen molar-refractivity contribution >= 4 is 11.7 Å². The number of urea groups is 1. The van der Waals surface area contributed by atoms with Gasteiger partial charge in [0.05, 0.1) is 16.9 Å². The van der Waals surface area contributed by atoms with Crippen LogP contribution in [-0.2, 0) is 6.18 Å². The molecule has 0 spiro atoms. The zero-order valence-electron chi connectivity index (χ0n) is 12.2. The van der Waals surface area contributed by atoms with Gasteiger partial charge in [-0.2, -0.15) is 13.2 Å². The Balaban J connectivity index is 2.81. The van der Waals surface area contributed by atoms with Crippen molar-refractivity contribution in [2.45, 2.75) is 38.5 Å². The summed E-state index contributed by atoms with van der Waals surface area (Å²) in [4.78, 5) is 11.7. The van der Waals surface area contributed by atoms with E-state index in [0.717, 1.165) is 12.1 Å². The molecule has 0 aliphatic carbocycles. The lowest BCUT2D eigenvalue weighted by atomic mass is 9.98. The predicted octanol–water partition coefficient (Wildman–Crippen LogP) is 3.52. The van der Waals surface area contributed by atoms with Gasteiger partial charge in [0.25, 0.3) is 0 Å². The third kappa shape index (κ3) is 4.87. The van der Waals surface area contributed by atoms with Gasteiger partial charge in [0.2, 0.25) is 0 Å². The summed E-state index contributed by atoms with van der Waals surface area (Å²) in [6.45, 7) is 3.35. The number of nitrogens with one attached hydrogen (secondary N) is 2. The molecule has 0 saturated carbocycles. The van der Waals surface area contributed by atoms with Crippen LogP contribution in [0.15, 0.2) is 18.2 Å². The van der Waals surface area contributed by atoms with Crippen LogP contribution in [0, 0.1) is 5.82 Å². The number of aliphatic hydroxyl groups is 1. The monoisotopic (exact) mass is 322 g/mol. The molecule has 4 nitrogen and oxygen atoms in total. The zero-order valence-corrected chi connectivity index (χ0v) is 12.2. The maximum absolute atomic E-state index is 12.9. The van der Waals surface area contributed by atoms with E-state index in [4.69, 9.17) is 0 Å².